The van der Waals surface area contributed by atoms with Crippen LogP contribution < -0.4 is 9.64 Å². The van der Waals surface area contributed by atoms with Crippen LogP contribution in [0.25, 0.3) is 77.9 Å². The van der Waals surface area contributed by atoms with Crippen molar-refractivity contribution in [2.75, 3.05) is 4.90 Å². The summed E-state index contributed by atoms with van der Waals surface area (Å²) < 4.78 is 6.69. The van der Waals surface area contributed by atoms with E-state index in [1.54, 1.807) is 0 Å². The molecule has 1 aliphatic heterocycles. The third-order valence-corrected chi connectivity index (χ3v) is 15.5. The summed E-state index contributed by atoms with van der Waals surface area (Å²) in [6, 6.07) is 92.3. The predicted octanol–water partition coefficient (Wildman–Crippen LogP) is 17.8. The van der Waals surface area contributed by atoms with Crippen LogP contribution in [0.15, 0.2) is 249 Å². The zero-order valence-corrected chi connectivity index (χ0v) is 38.2. The van der Waals surface area contributed by atoms with Crippen molar-refractivity contribution in [3.8, 4) is 89.4 Å². The maximum absolute atomic E-state index is 6.69. The van der Waals surface area contributed by atoms with Crippen LogP contribution in [0, 0.1) is 0 Å². The van der Waals surface area contributed by atoms with Gasteiger partial charge in [-0.25, -0.2) is 0 Å². The molecule has 11 aromatic rings. The van der Waals surface area contributed by atoms with Gasteiger partial charge >= 0.3 is 0 Å². The molecule has 4 aliphatic rings. The fourth-order valence-corrected chi connectivity index (χ4v) is 12.7. The van der Waals surface area contributed by atoms with Gasteiger partial charge < -0.3 is 9.64 Å². The summed E-state index contributed by atoms with van der Waals surface area (Å²) in [7, 11) is 0. The lowest BCUT2D eigenvalue weighted by Gasteiger charge is -2.36. The number of hydrogen-bond donors (Lipinski definition) is 0. The van der Waals surface area contributed by atoms with Crippen LogP contribution in [0.3, 0.4) is 0 Å². The summed E-state index contributed by atoms with van der Waals surface area (Å²) in [5.74, 6) is 1.70. The van der Waals surface area contributed by atoms with Crippen molar-refractivity contribution >= 4 is 17.1 Å². The first kappa shape index (κ1) is 39.1. The minimum Gasteiger partial charge on any atom is -0.456 e. The Labute approximate surface area is 408 Å². The van der Waals surface area contributed by atoms with E-state index < -0.39 is 5.41 Å². The highest BCUT2D eigenvalue weighted by Crippen LogP contribution is 2.64. The molecule has 3 aliphatic carbocycles. The third-order valence-electron chi connectivity index (χ3n) is 15.5. The van der Waals surface area contributed by atoms with Gasteiger partial charge in [-0.05, 0) is 143 Å². The van der Waals surface area contributed by atoms with E-state index in [4.69, 9.17) is 4.74 Å². The van der Waals surface area contributed by atoms with Gasteiger partial charge in [0.25, 0.3) is 0 Å². The monoisotopic (exact) mass is 889 g/mol. The molecule has 0 amide bonds. The van der Waals surface area contributed by atoms with E-state index in [1.165, 1.54) is 77.9 Å². The molecule has 0 saturated heterocycles. The van der Waals surface area contributed by atoms with E-state index in [2.05, 4.69) is 254 Å². The van der Waals surface area contributed by atoms with Crippen molar-refractivity contribution in [1.82, 2.24) is 0 Å². The molecule has 1 atom stereocenters. The van der Waals surface area contributed by atoms with Gasteiger partial charge in [-0.1, -0.05) is 206 Å². The van der Waals surface area contributed by atoms with Gasteiger partial charge in [0.1, 0.15) is 11.5 Å². The summed E-state index contributed by atoms with van der Waals surface area (Å²) >= 11 is 0. The van der Waals surface area contributed by atoms with Crippen LogP contribution in [0.4, 0.5) is 17.1 Å². The molecule has 70 heavy (non-hydrogen) atoms. The lowest BCUT2D eigenvalue weighted by molar-refractivity contribution is 0.488. The summed E-state index contributed by atoms with van der Waals surface area (Å²) in [6.45, 7) is 0. The third kappa shape index (κ3) is 5.44. The first-order chi connectivity index (χ1) is 34.7. The minimum atomic E-state index is -0.615. The SMILES string of the molecule is c1ccc(-c2ccccc2N(c2ccc3c(c2)-c2ccccc2Oc2ccccc2-3)c2ccc3c(c2)-c2ccccc2-c2ccccc2C32c3ccccc3-c3c2ccc2c3-c3ccccc3C2)cc1. The van der Waals surface area contributed by atoms with Crippen molar-refractivity contribution in [3.63, 3.8) is 0 Å². The average molecular weight is 890 g/mol. The van der Waals surface area contributed by atoms with Gasteiger partial charge in [-0.15, -0.1) is 0 Å². The number of ether oxygens (including phenoxy) is 1. The number of hydrogen-bond acceptors (Lipinski definition) is 2. The molecule has 2 nitrogen and oxygen atoms in total. The van der Waals surface area contributed by atoms with Gasteiger partial charge in [0.2, 0.25) is 0 Å². The van der Waals surface area contributed by atoms with Crippen molar-refractivity contribution in [2.45, 2.75) is 11.8 Å². The zero-order valence-electron chi connectivity index (χ0n) is 38.2. The maximum atomic E-state index is 6.69. The van der Waals surface area contributed by atoms with Gasteiger partial charge in [-0.3, -0.25) is 0 Å². The highest BCUT2D eigenvalue weighted by atomic mass is 16.5. The van der Waals surface area contributed by atoms with Crippen molar-refractivity contribution in [3.05, 3.63) is 282 Å². The second-order valence-electron chi connectivity index (χ2n) is 19.0. The van der Waals surface area contributed by atoms with Crippen LogP contribution in [-0.4, -0.2) is 0 Å². The van der Waals surface area contributed by atoms with Crippen LogP contribution >= 0.6 is 0 Å². The Morgan fingerprint density at radius 1 is 0.300 bits per heavy atom. The molecule has 1 spiro atoms. The Morgan fingerprint density at radius 3 is 1.56 bits per heavy atom. The summed E-state index contributed by atoms with van der Waals surface area (Å²) in [5, 5.41) is 0. The molecule has 15 rings (SSSR count). The maximum Gasteiger partial charge on any atom is 0.135 e. The molecule has 1 heterocycles. The number of rotatable bonds is 4. The quantitative estimate of drug-likeness (QED) is 0.175. The highest BCUT2D eigenvalue weighted by Gasteiger charge is 2.51. The molecule has 0 fully saturated rings. The Bertz CT molecular complexity index is 3980. The van der Waals surface area contributed by atoms with Gasteiger partial charge in [0, 0.05) is 28.1 Å². The van der Waals surface area contributed by atoms with E-state index in [-0.39, 0.29) is 0 Å². The molecule has 0 N–H and O–H groups in total. The fourth-order valence-electron chi connectivity index (χ4n) is 12.7. The summed E-state index contributed by atoms with van der Waals surface area (Å²) in [5.41, 5.74) is 27.8. The van der Waals surface area contributed by atoms with E-state index >= 15 is 0 Å². The number of benzene rings is 11. The van der Waals surface area contributed by atoms with Crippen LogP contribution in [0.5, 0.6) is 11.5 Å². The Kier molecular flexibility index (Phi) is 8.38. The lowest BCUT2D eigenvalue weighted by Crippen LogP contribution is -2.29. The molecular formula is C68H43NO. The normalized spacial score (nSPS) is 14.7. The van der Waals surface area contributed by atoms with Crippen LogP contribution in [0.2, 0.25) is 0 Å². The molecule has 0 aromatic heterocycles. The topological polar surface area (TPSA) is 12.5 Å². The molecule has 0 radical (unpaired) electrons. The van der Waals surface area contributed by atoms with Crippen molar-refractivity contribution in [2.24, 2.45) is 0 Å². The molecule has 1 unspecified atom stereocenters. The number of para-hydroxylation sites is 3. The van der Waals surface area contributed by atoms with E-state index in [9.17, 15) is 0 Å². The van der Waals surface area contributed by atoms with Gasteiger partial charge in [0.15, 0.2) is 0 Å². The Balaban J connectivity index is 1.04. The van der Waals surface area contributed by atoms with E-state index in [0.29, 0.717) is 0 Å². The minimum absolute atomic E-state index is 0.615. The second-order valence-corrected chi connectivity index (χ2v) is 19.0. The van der Waals surface area contributed by atoms with E-state index in [0.717, 1.165) is 68.4 Å². The molecule has 2 heteroatoms. The number of nitrogens with zero attached hydrogens (tertiary/aromatic N) is 1. The first-order valence-electron chi connectivity index (χ1n) is 24.4. The highest BCUT2D eigenvalue weighted by molar-refractivity contribution is 6.04. The lowest BCUT2D eigenvalue weighted by atomic mass is 9.65. The molecule has 326 valence electrons. The predicted molar refractivity (Wildman–Crippen MR) is 287 cm³/mol. The largest absolute Gasteiger partial charge is 0.456 e. The molecular weight excluding hydrogens is 847 g/mol. The smallest absolute Gasteiger partial charge is 0.135 e. The summed E-state index contributed by atoms with van der Waals surface area (Å²) in [4.78, 5) is 2.48. The van der Waals surface area contributed by atoms with E-state index in [1.807, 2.05) is 0 Å². The van der Waals surface area contributed by atoms with Crippen LogP contribution in [-0.2, 0) is 11.8 Å². The number of fused-ring (bicyclic) bond motifs is 21. The molecule has 0 saturated carbocycles. The van der Waals surface area contributed by atoms with Crippen LogP contribution in [0.1, 0.15) is 33.4 Å². The second kappa shape index (κ2) is 15.0. The van der Waals surface area contributed by atoms with Crippen molar-refractivity contribution < 1.29 is 4.74 Å². The Hall–Kier alpha value is -8.98. The Morgan fingerprint density at radius 2 is 0.800 bits per heavy atom. The first-order valence-corrected chi connectivity index (χ1v) is 24.4. The fraction of sp³-hybridized carbons (Fsp3) is 0.0294. The van der Waals surface area contributed by atoms with Gasteiger partial charge in [0.05, 0.1) is 11.1 Å². The number of anilines is 3. The zero-order chi connectivity index (χ0) is 45.9. The molecule has 0 bridgehead atoms. The van der Waals surface area contributed by atoms with Gasteiger partial charge in [-0.2, -0.15) is 0 Å². The standard InChI is InChI=1S/C68H43NO/c1-2-18-43(19-3-1)48-21-10-15-31-63(48)69(46-35-37-52-54-26-11-16-32-64(54)70-65-33-17-12-27-55(65)57(52)41-46)47-36-39-61-58(42-47)51-24-7-6-23-50(51)53-25-8-13-29-59(53)68(61)60-30-14-9-28-56(60)67-62(68)38-34-45-40-44-20-4-5-22-49(44)66(45)67/h1-39,41-42H,40H2. The summed E-state index contributed by atoms with van der Waals surface area (Å²) in [6.07, 6.45) is 0.948. The molecule has 11 aromatic carbocycles. The van der Waals surface area contributed by atoms with Crippen molar-refractivity contribution in [1.29, 1.82) is 0 Å². The average Bonchev–Trinajstić information content (AvgIpc) is 3.87.